The molecule has 7 nitrogen and oxygen atoms in total. The summed E-state index contributed by atoms with van der Waals surface area (Å²) >= 11 is 7.54. The summed E-state index contributed by atoms with van der Waals surface area (Å²) in [5.41, 5.74) is 2.26. The zero-order valence-corrected chi connectivity index (χ0v) is 19.5. The number of fused-ring (bicyclic) bond motifs is 1. The Hall–Kier alpha value is -2.81. The monoisotopic (exact) mass is 486 g/mol. The van der Waals surface area contributed by atoms with Crippen LogP contribution in [0, 0.1) is 0 Å². The minimum Gasteiger partial charge on any atom is -0.427 e. The number of benzene rings is 2. The van der Waals surface area contributed by atoms with E-state index in [1.807, 2.05) is 48.5 Å². The van der Waals surface area contributed by atoms with Crippen LogP contribution in [0.5, 0.6) is 0 Å². The molecule has 0 saturated carbocycles. The van der Waals surface area contributed by atoms with Gasteiger partial charge in [-0.05, 0) is 11.1 Å². The molecule has 2 aromatic rings. The van der Waals surface area contributed by atoms with Crippen LogP contribution in [0.1, 0.15) is 17.4 Å². The fourth-order valence-corrected chi connectivity index (χ4v) is 5.47. The van der Waals surface area contributed by atoms with E-state index in [1.54, 1.807) is 12.1 Å². The fourth-order valence-electron chi connectivity index (χ4n) is 3.80. The Bertz CT molecular complexity index is 1060. The highest BCUT2D eigenvalue weighted by atomic mass is 35.5. The Morgan fingerprint density at radius 2 is 1.82 bits per heavy atom. The largest absolute Gasteiger partial charge is 0.427 e. The van der Waals surface area contributed by atoms with Gasteiger partial charge in [-0.2, -0.15) is 0 Å². The molecular formula is C24H23ClN2O5S. The van der Waals surface area contributed by atoms with E-state index in [2.05, 4.69) is 5.32 Å². The molecule has 9 heteroatoms. The van der Waals surface area contributed by atoms with Gasteiger partial charge < -0.3 is 14.8 Å². The third-order valence-corrected chi connectivity index (χ3v) is 7.09. The van der Waals surface area contributed by atoms with E-state index in [4.69, 9.17) is 21.1 Å². The first-order chi connectivity index (χ1) is 16.0. The molecule has 2 aliphatic rings. The van der Waals surface area contributed by atoms with Crippen LogP contribution in [0.25, 0.3) is 0 Å². The third kappa shape index (κ3) is 4.93. The molecule has 0 aromatic heterocycles. The number of halogens is 1. The van der Waals surface area contributed by atoms with Crippen molar-refractivity contribution in [1.29, 1.82) is 0 Å². The number of carbonyl (C=O) groups excluding carboxylic acids is 3. The lowest BCUT2D eigenvalue weighted by atomic mass is 10.0. The van der Waals surface area contributed by atoms with Gasteiger partial charge in [-0.3, -0.25) is 14.5 Å². The van der Waals surface area contributed by atoms with E-state index in [1.165, 1.54) is 23.8 Å². The summed E-state index contributed by atoms with van der Waals surface area (Å²) in [6.07, 6.45) is -0.750. The van der Waals surface area contributed by atoms with E-state index in [0.29, 0.717) is 16.9 Å². The molecule has 2 heterocycles. The number of alkyl halides is 1. The van der Waals surface area contributed by atoms with Crippen molar-refractivity contribution >= 4 is 41.1 Å². The quantitative estimate of drug-likeness (QED) is 0.267. The van der Waals surface area contributed by atoms with Crippen LogP contribution in [0.15, 0.2) is 71.9 Å². The van der Waals surface area contributed by atoms with Crippen molar-refractivity contribution in [2.24, 2.45) is 0 Å². The van der Waals surface area contributed by atoms with Crippen LogP contribution < -0.4 is 5.32 Å². The van der Waals surface area contributed by atoms with Gasteiger partial charge in [0.2, 0.25) is 12.2 Å². The van der Waals surface area contributed by atoms with Crippen molar-refractivity contribution in [3.8, 4) is 0 Å². The number of esters is 1. The smallest absolute Gasteiger partial charge is 0.357 e. The second-order valence-corrected chi connectivity index (χ2v) is 8.96. The second kappa shape index (κ2) is 10.4. The van der Waals surface area contributed by atoms with Crippen molar-refractivity contribution in [3.05, 3.63) is 83.1 Å². The number of amides is 2. The lowest BCUT2D eigenvalue weighted by Crippen LogP contribution is -2.70. The highest BCUT2D eigenvalue weighted by molar-refractivity contribution is 8.00. The molecule has 0 radical (unpaired) electrons. The Labute approximate surface area is 201 Å². The van der Waals surface area contributed by atoms with Crippen LogP contribution in [-0.4, -0.2) is 52.8 Å². The zero-order valence-electron chi connectivity index (χ0n) is 17.9. The van der Waals surface area contributed by atoms with Gasteiger partial charge in [-0.25, -0.2) is 4.79 Å². The zero-order chi connectivity index (χ0) is 23.4. The van der Waals surface area contributed by atoms with Crippen molar-refractivity contribution in [2.75, 3.05) is 18.7 Å². The fraction of sp³-hybridized carbons (Fsp3) is 0.292. The molecule has 0 bridgehead atoms. The van der Waals surface area contributed by atoms with Crippen LogP contribution in [-0.2, 0) is 30.3 Å². The Kier molecular flexibility index (Phi) is 7.37. The summed E-state index contributed by atoms with van der Waals surface area (Å²) in [7, 11) is 1.44. The summed E-state index contributed by atoms with van der Waals surface area (Å²) in [5.74, 6) is -0.760. The standard InChI is InChI=1S/C24H23ClN2O5S/c1-31-24(16-10-6-3-7-11-16)32-23(30)20-17(13-25)14-33-22-19(21(29)27(20)22)26-18(28)12-15-8-4-2-5-9-15/h2-11,19,22,24H,12-14H2,1H3,(H,26,28)/t19?,22-,24?/m1/s1. The van der Waals surface area contributed by atoms with Crippen molar-refractivity contribution in [3.63, 3.8) is 0 Å². The van der Waals surface area contributed by atoms with Crippen LogP contribution in [0.2, 0.25) is 0 Å². The lowest BCUT2D eigenvalue weighted by Gasteiger charge is -2.49. The van der Waals surface area contributed by atoms with E-state index >= 15 is 0 Å². The van der Waals surface area contributed by atoms with E-state index < -0.39 is 23.7 Å². The predicted octanol–water partition coefficient (Wildman–Crippen LogP) is 3.01. The second-order valence-electron chi connectivity index (χ2n) is 7.59. The van der Waals surface area contributed by atoms with E-state index in [0.717, 1.165) is 5.56 Å². The van der Waals surface area contributed by atoms with Crippen LogP contribution >= 0.6 is 23.4 Å². The summed E-state index contributed by atoms with van der Waals surface area (Å²) < 4.78 is 10.9. The molecular weight excluding hydrogens is 464 g/mol. The SMILES string of the molecule is COC(OC(=O)C1=C(CCl)CS[C@@H]2C(NC(=O)Cc3ccccc3)C(=O)N12)c1ccccc1. The van der Waals surface area contributed by atoms with Gasteiger partial charge in [0.1, 0.15) is 17.1 Å². The Morgan fingerprint density at radius 1 is 1.15 bits per heavy atom. The number of carbonyl (C=O) groups is 3. The summed E-state index contributed by atoms with van der Waals surface area (Å²) in [4.78, 5) is 39.9. The van der Waals surface area contributed by atoms with Gasteiger partial charge in [0.15, 0.2) is 0 Å². The summed E-state index contributed by atoms with van der Waals surface area (Å²) in [5, 5.41) is 2.40. The molecule has 2 unspecified atom stereocenters. The average Bonchev–Trinajstić information content (AvgIpc) is 2.85. The van der Waals surface area contributed by atoms with Gasteiger partial charge in [0.25, 0.3) is 5.91 Å². The molecule has 33 heavy (non-hydrogen) atoms. The van der Waals surface area contributed by atoms with E-state index in [-0.39, 0.29) is 29.8 Å². The first kappa shape index (κ1) is 23.4. The first-order valence-electron chi connectivity index (χ1n) is 10.4. The van der Waals surface area contributed by atoms with Gasteiger partial charge in [0, 0.05) is 24.3 Å². The van der Waals surface area contributed by atoms with Gasteiger partial charge >= 0.3 is 5.97 Å². The number of nitrogens with zero attached hydrogens (tertiary/aromatic N) is 1. The van der Waals surface area contributed by atoms with E-state index in [9.17, 15) is 14.4 Å². The molecule has 3 atom stereocenters. The number of hydrogen-bond acceptors (Lipinski definition) is 6. The normalized spacial score (nSPS) is 20.5. The molecule has 2 aliphatic heterocycles. The van der Waals surface area contributed by atoms with Gasteiger partial charge in [0.05, 0.1) is 6.42 Å². The molecule has 2 amide bonds. The highest BCUT2D eigenvalue weighted by Gasteiger charge is 2.54. The number of β-lactam (4-membered cyclic amide) rings is 1. The number of ether oxygens (including phenoxy) is 2. The maximum Gasteiger partial charge on any atom is 0.357 e. The maximum atomic E-state index is 13.1. The van der Waals surface area contributed by atoms with Crippen molar-refractivity contribution in [2.45, 2.75) is 24.1 Å². The van der Waals surface area contributed by atoms with Crippen LogP contribution in [0.3, 0.4) is 0 Å². The molecule has 1 N–H and O–H groups in total. The number of thioether (sulfide) groups is 1. The van der Waals surface area contributed by atoms with Crippen LogP contribution in [0.4, 0.5) is 0 Å². The minimum absolute atomic E-state index is 0.0853. The predicted molar refractivity (Wildman–Crippen MR) is 125 cm³/mol. The molecule has 1 fully saturated rings. The molecule has 1 saturated heterocycles. The number of nitrogens with one attached hydrogen (secondary N) is 1. The molecule has 172 valence electrons. The topological polar surface area (TPSA) is 84.9 Å². The molecule has 0 aliphatic carbocycles. The van der Waals surface area contributed by atoms with Crippen molar-refractivity contribution < 1.29 is 23.9 Å². The first-order valence-corrected chi connectivity index (χ1v) is 12.0. The summed E-state index contributed by atoms with van der Waals surface area (Å²) in [6.45, 7) is 0. The Balaban J connectivity index is 1.46. The Morgan fingerprint density at radius 3 is 2.45 bits per heavy atom. The highest BCUT2D eigenvalue weighted by Crippen LogP contribution is 2.41. The van der Waals surface area contributed by atoms with Gasteiger partial charge in [-0.1, -0.05) is 60.7 Å². The molecule has 4 rings (SSSR count). The third-order valence-electron chi connectivity index (χ3n) is 5.43. The number of hydrogen-bond donors (Lipinski definition) is 1. The average molecular weight is 487 g/mol. The lowest BCUT2D eigenvalue weighted by molar-refractivity contribution is -0.175. The van der Waals surface area contributed by atoms with Crippen molar-refractivity contribution in [1.82, 2.24) is 10.2 Å². The number of methoxy groups -OCH3 is 1. The van der Waals surface area contributed by atoms with Gasteiger partial charge in [-0.15, -0.1) is 23.4 Å². The molecule has 0 spiro atoms. The summed E-state index contributed by atoms with van der Waals surface area (Å²) in [6, 6.07) is 17.6. The number of rotatable bonds is 8. The molecule has 2 aromatic carbocycles. The minimum atomic E-state index is -0.923. The maximum absolute atomic E-state index is 13.1.